The summed E-state index contributed by atoms with van der Waals surface area (Å²) in [7, 11) is 1.37. The number of carbonyl (C=O) groups is 1. The van der Waals surface area contributed by atoms with E-state index >= 15 is 0 Å². The van der Waals surface area contributed by atoms with Gasteiger partial charge in [0, 0.05) is 36.5 Å². The van der Waals surface area contributed by atoms with E-state index in [9.17, 15) is 4.79 Å². The predicted octanol–water partition coefficient (Wildman–Crippen LogP) is 4.28. The zero-order valence-corrected chi connectivity index (χ0v) is 15.2. The van der Waals surface area contributed by atoms with Crippen LogP contribution in [-0.2, 0) is 9.53 Å². The second-order valence-corrected chi connectivity index (χ2v) is 6.47. The molecule has 0 bridgehead atoms. The Morgan fingerprint density at radius 3 is 2.65 bits per heavy atom. The van der Waals surface area contributed by atoms with Gasteiger partial charge in [-0.25, -0.2) is 4.79 Å². The van der Waals surface area contributed by atoms with Crippen LogP contribution >= 0.6 is 0 Å². The van der Waals surface area contributed by atoms with E-state index in [1.807, 2.05) is 30.5 Å². The van der Waals surface area contributed by atoms with Crippen LogP contribution in [0, 0.1) is 0 Å². The highest BCUT2D eigenvalue weighted by Crippen LogP contribution is 2.37. The van der Waals surface area contributed by atoms with Crippen molar-refractivity contribution in [3.8, 4) is 0 Å². The summed E-state index contributed by atoms with van der Waals surface area (Å²) in [5, 5.41) is 3.55. The second-order valence-electron chi connectivity index (χ2n) is 6.47. The first kappa shape index (κ1) is 17.9. The van der Waals surface area contributed by atoms with Crippen LogP contribution in [0.2, 0.25) is 0 Å². The van der Waals surface area contributed by atoms with Crippen molar-refractivity contribution >= 4 is 23.9 Å². The summed E-state index contributed by atoms with van der Waals surface area (Å²) in [5.41, 5.74) is 4.66. The van der Waals surface area contributed by atoms with Crippen molar-refractivity contribution in [2.75, 3.05) is 19.0 Å². The minimum Gasteiger partial charge on any atom is -0.466 e. The minimum atomic E-state index is -0.354. The molecule has 0 amide bonds. The lowest BCUT2D eigenvalue weighted by Gasteiger charge is -2.14. The zero-order chi connectivity index (χ0) is 18.4. The van der Waals surface area contributed by atoms with Crippen LogP contribution in [0.1, 0.15) is 36.0 Å². The molecule has 0 fully saturated rings. The van der Waals surface area contributed by atoms with Gasteiger partial charge >= 0.3 is 5.97 Å². The molecule has 0 aliphatic carbocycles. The first-order chi connectivity index (χ1) is 12.7. The van der Waals surface area contributed by atoms with Crippen LogP contribution in [0.25, 0.3) is 6.08 Å². The Kier molecular flexibility index (Phi) is 5.84. The topological polar surface area (TPSA) is 50.7 Å². The van der Waals surface area contributed by atoms with Crippen LogP contribution in [0.5, 0.6) is 0 Å². The number of aliphatic imine (C=N–C) groups is 1. The third-order valence-electron chi connectivity index (χ3n) is 4.71. The molecule has 2 unspecified atom stereocenters. The Bertz CT molecular complexity index is 809. The van der Waals surface area contributed by atoms with Gasteiger partial charge in [0.05, 0.1) is 7.11 Å². The lowest BCUT2D eigenvalue weighted by Crippen LogP contribution is -2.16. The Morgan fingerprint density at radius 1 is 1.15 bits per heavy atom. The smallest absolute Gasteiger partial charge is 0.330 e. The number of benzene rings is 2. The van der Waals surface area contributed by atoms with Gasteiger partial charge in [0.15, 0.2) is 0 Å². The molecule has 0 spiro atoms. The molecule has 0 radical (unpaired) electrons. The molecule has 1 N–H and O–H groups in total. The Balaban J connectivity index is 1.53. The highest BCUT2D eigenvalue weighted by atomic mass is 16.5. The van der Waals surface area contributed by atoms with E-state index in [2.05, 4.69) is 46.2 Å². The van der Waals surface area contributed by atoms with Crippen LogP contribution in [0.15, 0.2) is 59.6 Å². The maximum Gasteiger partial charge on any atom is 0.330 e. The van der Waals surface area contributed by atoms with Crippen LogP contribution in [-0.4, -0.2) is 31.9 Å². The van der Waals surface area contributed by atoms with Gasteiger partial charge in [-0.1, -0.05) is 42.5 Å². The fourth-order valence-electron chi connectivity index (χ4n) is 3.28. The molecule has 1 heterocycles. The first-order valence-electron chi connectivity index (χ1n) is 8.89. The Labute approximate surface area is 154 Å². The number of esters is 1. The highest BCUT2D eigenvalue weighted by molar-refractivity contribution is 5.87. The Morgan fingerprint density at radius 2 is 1.88 bits per heavy atom. The number of rotatable bonds is 6. The standard InChI is InChI=1S/C22H24N2O2/c1-16-19(20-5-3-4-6-21(20)24-16)13-14-23-15-18-9-7-17(8-10-18)11-12-22(25)26-2/h3-12,15-16,19,24H,13-14H2,1-2H3/b12-11+,23-15?. The second kappa shape index (κ2) is 8.48. The number of nitrogens with one attached hydrogen (secondary N) is 1. The molecule has 4 heteroatoms. The van der Waals surface area contributed by atoms with Crippen molar-refractivity contribution in [3.05, 3.63) is 71.3 Å². The van der Waals surface area contributed by atoms with E-state index in [-0.39, 0.29) is 5.97 Å². The number of para-hydroxylation sites is 1. The first-order valence-corrected chi connectivity index (χ1v) is 8.89. The van der Waals surface area contributed by atoms with Gasteiger partial charge in [0.1, 0.15) is 0 Å². The maximum absolute atomic E-state index is 11.1. The monoisotopic (exact) mass is 348 g/mol. The lowest BCUT2D eigenvalue weighted by atomic mass is 9.93. The summed E-state index contributed by atoms with van der Waals surface area (Å²) in [4.78, 5) is 15.7. The van der Waals surface area contributed by atoms with Crippen molar-refractivity contribution in [2.45, 2.75) is 25.3 Å². The zero-order valence-electron chi connectivity index (χ0n) is 15.2. The number of methoxy groups -OCH3 is 1. The fourth-order valence-corrected chi connectivity index (χ4v) is 3.28. The third kappa shape index (κ3) is 4.39. The molecule has 1 aliphatic rings. The molecule has 1 aliphatic heterocycles. The average Bonchev–Trinajstić information content (AvgIpc) is 2.99. The van der Waals surface area contributed by atoms with Gasteiger partial charge in [-0.3, -0.25) is 4.99 Å². The van der Waals surface area contributed by atoms with Gasteiger partial charge in [-0.15, -0.1) is 0 Å². The van der Waals surface area contributed by atoms with Gasteiger partial charge in [0.25, 0.3) is 0 Å². The van der Waals surface area contributed by atoms with Gasteiger partial charge in [0.2, 0.25) is 0 Å². The fraction of sp³-hybridized carbons (Fsp3) is 0.273. The molecular formula is C22H24N2O2. The SMILES string of the molecule is COC(=O)/C=C/c1ccc(C=NCCC2c3ccccc3NC2C)cc1. The summed E-state index contributed by atoms with van der Waals surface area (Å²) in [6.45, 7) is 3.03. The summed E-state index contributed by atoms with van der Waals surface area (Å²) in [5.74, 6) is 0.155. The van der Waals surface area contributed by atoms with Crippen LogP contribution < -0.4 is 5.32 Å². The van der Waals surface area contributed by atoms with Crippen LogP contribution in [0.4, 0.5) is 5.69 Å². The summed E-state index contributed by atoms with van der Waals surface area (Å²) < 4.78 is 4.58. The summed E-state index contributed by atoms with van der Waals surface area (Å²) in [6.07, 6.45) is 6.09. The van der Waals surface area contributed by atoms with Crippen molar-refractivity contribution in [1.29, 1.82) is 0 Å². The molecule has 0 saturated carbocycles. The predicted molar refractivity (Wildman–Crippen MR) is 107 cm³/mol. The number of nitrogens with zero attached hydrogens (tertiary/aromatic N) is 1. The molecule has 134 valence electrons. The molecule has 2 atom stereocenters. The molecule has 26 heavy (non-hydrogen) atoms. The molecule has 4 nitrogen and oxygen atoms in total. The maximum atomic E-state index is 11.1. The summed E-state index contributed by atoms with van der Waals surface area (Å²) >= 11 is 0. The van der Waals surface area contributed by atoms with E-state index in [1.165, 1.54) is 24.4 Å². The molecular weight excluding hydrogens is 324 g/mol. The highest BCUT2D eigenvalue weighted by Gasteiger charge is 2.27. The van der Waals surface area contributed by atoms with Gasteiger partial charge < -0.3 is 10.1 Å². The van der Waals surface area contributed by atoms with Gasteiger partial charge in [-0.05, 0) is 42.2 Å². The average molecular weight is 348 g/mol. The van der Waals surface area contributed by atoms with Crippen molar-refractivity contribution in [3.63, 3.8) is 0 Å². The minimum absolute atomic E-state index is 0.354. The number of ether oxygens (including phenoxy) is 1. The molecule has 2 aromatic carbocycles. The van der Waals surface area contributed by atoms with Crippen LogP contribution in [0.3, 0.4) is 0 Å². The van der Waals surface area contributed by atoms with Crippen molar-refractivity contribution in [2.24, 2.45) is 4.99 Å². The number of hydrogen-bond donors (Lipinski definition) is 1. The van der Waals surface area contributed by atoms with Crippen molar-refractivity contribution < 1.29 is 9.53 Å². The largest absolute Gasteiger partial charge is 0.466 e. The third-order valence-corrected chi connectivity index (χ3v) is 4.71. The molecule has 0 saturated heterocycles. The molecule has 2 aromatic rings. The van der Waals surface area contributed by atoms with E-state index < -0.39 is 0 Å². The number of hydrogen-bond acceptors (Lipinski definition) is 4. The summed E-state index contributed by atoms with van der Waals surface area (Å²) in [6, 6.07) is 16.9. The molecule has 0 aromatic heterocycles. The number of carbonyl (C=O) groups excluding carboxylic acids is 1. The Hall–Kier alpha value is -2.88. The lowest BCUT2D eigenvalue weighted by molar-refractivity contribution is -0.134. The quantitative estimate of drug-likeness (QED) is 0.482. The normalized spacial score (nSPS) is 18.8. The van der Waals surface area contributed by atoms with E-state index in [1.54, 1.807) is 6.08 Å². The van der Waals surface area contributed by atoms with Crippen molar-refractivity contribution in [1.82, 2.24) is 0 Å². The molecule has 3 rings (SSSR count). The number of anilines is 1. The number of fused-ring (bicyclic) bond motifs is 1. The van der Waals surface area contributed by atoms with Gasteiger partial charge in [-0.2, -0.15) is 0 Å². The van der Waals surface area contributed by atoms with E-state index in [0.717, 1.165) is 24.1 Å². The van der Waals surface area contributed by atoms with E-state index in [4.69, 9.17) is 0 Å². The van der Waals surface area contributed by atoms with E-state index in [0.29, 0.717) is 12.0 Å².